The van der Waals surface area contributed by atoms with E-state index in [1.807, 2.05) is 63.6 Å². The number of methoxy groups -OCH3 is 1. The molecule has 0 saturated heterocycles. The van der Waals surface area contributed by atoms with Crippen molar-refractivity contribution >= 4 is 79.1 Å². The summed E-state index contributed by atoms with van der Waals surface area (Å²) in [5.74, 6) is 0.326. The maximum absolute atomic E-state index is 13.3. The summed E-state index contributed by atoms with van der Waals surface area (Å²) in [5, 5.41) is 1.24. The van der Waals surface area contributed by atoms with Gasteiger partial charge in [0.25, 0.3) is 0 Å². The van der Waals surface area contributed by atoms with Gasteiger partial charge in [-0.2, -0.15) is 0 Å². The van der Waals surface area contributed by atoms with Crippen LogP contribution >= 0.6 is 35.3 Å². The largest absolute Gasteiger partial charge is 0.497 e. The number of para-hydroxylation sites is 3. The summed E-state index contributed by atoms with van der Waals surface area (Å²) >= 11 is 8.44. The molecule has 0 saturated carbocycles. The van der Waals surface area contributed by atoms with Crippen molar-refractivity contribution in [2.24, 2.45) is 0 Å². The van der Waals surface area contributed by atoms with Gasteiger partial charge in [0.15, 0.2) is 26.2 Å². The Labute approximate surface area is 239 Å². The van der Waals surface area contributed by atoms with Crippen LogP contribution in [-0.2, 0) is 0 Å². The van der Waals surface area contributed by atoms with Gasteiger partial charge < -0.3 is 9.15 Å². The van der Waals surface area contributed by atoms with Crippen LogP contribution in [0.3, 0.4) is 0 Å². The molecule has 11 heteroatoms. The second-order valence-electron chi connectivity index (χ2n) is 8.91. The van der Waals surface area contributed by atoms with Crippen LogP contribution in [0.1, 0.15) is 10.4 Å². The highest BCUT2D eigenvalue weighted by atomic mass is 32.2. The maximum Gasteiger partial charge on any atom is 0.347 e. The lowest BCUT2D eigenvalue weighted by atomic mass is 10.1. The average molecular weight is 583 g/mol. The van der Waals surface area contributed by atoms with Gasteiger partial charge in [-0.1, -0.05) is 59.5 Å². The molecule has 0 radical (unpaired) electrons. The summed E-state index contributed by atoms with van der Waals surface area (Å²) in [7, 11) is 1.61. The van der Waals surface area contributed by atoms with Crippen LogP contribution in [0.2, 0.25) is 0 Å². The lowest BCUT2D eigenvalue weighted by molar-refractivity contribution is 0.101. The molecule has 8 nitrogen and oxygen atoms in total. The van der Waals surface area contributed by atoms with Crippen LogP contribution in [0.25, 0.3) is 43.7 Å². The average Bonchev–Trinajstić information content (AvgIpc) is 3.53. The first kappa shape index (κ1) is 24.7. The van der Waals surface area contributed by atoms with Crippen molar-refractivity contribution in [1.82, 2.24) is 18.9 Å². The third-order valence-electron chi connectivity index (χ3n) is 6.53. The number of hydrogen-bond acceptors (Lipinski definition) is 9. The maximum atomic E-state index is 13.3. The molecule has 0 fully saturated rings. The van der Waals surface area contributed by atoms with E-state index in [0.717, 1.165) is 21.4 Å². The molecular formula is C29H18N4O4S3. The summed E-state index contributed by atoms with van der Waals surface area (Å²) in [5.41, 5.74) is 3.59. The zero-order chi connectivity index (χ0) is 27.4. The number of benzene rings is 3. The van der Waals surface area contributed by atoms with Gasteiger partial charge in [0.2, 0.25) is 0 Å². The first-order valence-corrected chi connectivity index (χ1v) is 14.4. The topological polar surface area (TPSA) is 91.6 Å². The molecule has 0 aliphatic heterocycles. The summed E-state index contributed by atoms with van der Waals surface area (Å²) in [4.78, 5) is 35.8. The van der Waals surface area contributed by atoms with Gasteiger partial charge in [-0.05, 0) is 48.6 Å². The SMILES string of the molecule is COc1cccc(-n2c(=S)sc3c2nc(SCC(=O)c2cc4ccccc4oc2=O)n2c4ccccc4nc32)c1. The molecule has 40 heavy (non-hydrogen) atoms. The number of aromatic nitrogens is 4. The molecule has 4 heterocycles. The fraction of sp³-hybridized carbons (Fsp3) is 0.0690. The quantitative estimate of drug-likeness (QED) is 0.0703. The molecule has 0 atom stereocenters. The molecule has 0 N–H and O–H groups in total. The van der Waals surface area contributed by atoms with E-state index in [-0.39, 0.29) is 17.1 Å². The van der Waals surface area contributed by atoms with Crippen molar-refractivity contribution in [1.29, 1.82) is 0 Å². The van der Waals surface area contributed by atoms with E-state index in [9.17, 15) is 9.59 Å². The predicted molar refractivity (Wildman–Crippen MR) is 160 cm³/mol. The number of nitrogens with zero attached hydrogens (tertiary/aromatic N) is 4. The van der Waals surface area contributed by atoms with Crippen molar-refractivity contribution in [3.8, 4) is 11.4 Å². The Balaban J connectivity index is 1.38. The molecule has 4 aromatic heterocycles. The normalized spacial score (nSPS) is 11.6. The molecule has 7 rings (SSSR count). The first-order valence-electron chi connectivity index (χ1n) is 12.2. The second-order valence-corrected chi connectivity index (χ2v) is 11.5. The summed E-state index contributed by atoms with van der Waals surface area (Å²) < 4.78 is 16.1. The van der Waals surface area contributed by atoms with Crippen LogP contribution in [0.15, 0.2) is 93.2 Å². The Morgan fingerprint density at radius 3 is 2.73 bits per heavy atom. The van der Waals surface area contributed by atoms with Gasteiger partial charge in [0, 0.05) is 11.5 Å². The number of carbonyl (C=O) groups excluding carboxylic acids is 1. The predicted octanol–water partition coefficient (Wildman–Crippen LogP) is 6.71. The highest BCUT2D eigenvalue weighted by molar-refractivity contribution is 7.99. The number of hydrogen-bond donors (Lipinski definition) is 0. The number of imidazole rings is 1. The van der Waals surface area contributed by atoms with Crippen molar-refractivity contribution < 1.29 is 13.9 Å². The molecule has 0 aliphatic carbocycles. The minimum atomic E-state index is -0.657. The smallest absolute Gasteiger partial charge is 0.347 e. The number of thioether (sulfide) groups is 1. The van der Waals surface area contributed by atoms with Crippen LogP contribution in [0, 0.1) is 3.95 Å². The summed E-state index contributed by atoms with van der Waals surface area (Å²) in [6.07, 6.45) is 0. The number of ketones is 1. The molecule has 0 unspecified atom stereocenters. The van der Waals surface area contributed by atoms with E-state index in [1.54, 1.807) is 31.4 Å². The highest BCUT2D eigenvalue weighted by Gasteiger charge is 2.21. The van der Waals surface area contributed by atoms with E-state index >= 15 is 0 Å². The standard InChI is InChI=1S/C29H18N4O4S3/c1-36-18-9-6-8-17(14-18)32-26-24(40-29(32)38)25-30-20-10-3-4-11-21(20)33(25)28(31-26)39-15-22(34)19-13-16-7-2-5-12-23(16)37-27(19)35/h2-14H,15H2,1H3. The number of thiazole rings is 1. The van der Waals surface area contributed by atoms with E-state index in [4.69, 9.17) is 31.3 Å². The molecular weight excluding hydrogens is 565 g/mol. The van der Waals surface area contributed by atoms with Crippen LogP contribution in [0.4, 0.5) is 0 Å². The van der Waals surface area contributed by atoms with Crippen molar-refractivity contribution in [3.05, 3.63) is 98.8 Å². The van der Waals surface area contributed by atoms with E-state index in [1.165, 1.54) is 23.1 Å². The molecule has 0 amide bonds. The third kappa shape index (κ3) is 4.01. The fourth-order valence-electron chi connectivity index (χ4n) is 4.66. The molecule has 0 bridgehead atoms. The third-order valence-corrected chi connectivity index (χ3v) is 8.83. The highest BCUT2D eigenvalue weighted by Crippen LogP contribution is 2.35. The first-order chi connectivity index (χ1) is 19.5. The fourth-order valence-corrected chi connectivity index (χ4v) is 6.90. The summed E-state index contributed by atoms with van der Waals surface area (Å²) in [6, 6.07) is 24.1. The van der Waals surface area contributed by atoms with Gasteiger partial charge in [0.1, 0.15) is 21.6 Å². The van der Waals surface area contributed by atoms with Gasteiger partial charge >= 0.3 is 5.63 Å². The Morgan fingerprint density at radius 2 is 1.85 bits per heavy atom. The minimum Gasteiger partial charge on any atom is -0.497 e. The number of fused-ring (bicyclic) bond motifs is 6. The monoisotopic (exact) mass is 582 g/mol. The Bertz CT molecular complexity index is 2250. The molecule has 3 aromatic carbocycles. The molecule has 0 spiro atoms. The number of Topliss-reactive ketones (excluding diaryl/α,β-unsaturated/α-hetero) is 1. The lowest BCUT2D eigenvalue weighted by Crippen LogP contribution is -2.16. The second kappa shape index (κ2) is 9.70. The van der Waals surface area contributed by atoms with Crippen LogP contribution < -0.4 is 10.4 Å². The van der Waals surface area contributed by atoms with Gasteiger partial charge in [-0.3, -0.25) is 13.8 Å². The molecule has 7 aromatic rings. The zero-order valence-corrected chi connectivity index (χ0v) is 23.3. The van der Waals surface area contributed by atoms with Gasteiger partial charge in [-0.15, -0.1) is 0 Å². The van der Waals surface area contributed by atoms with Crippen molar-refractivity contribution in [2.45, 2.75) is 5.16 Å². The summed E-state index contributed by atoms with van der Waals surface area (Å²) in [6.45, 7) is 0. The number of ether oxygens (including phenoxy) is 1. The van der Waals surface area contributed by atoms with Gasteiger partial charge in [0.05, 0.1) is 29.6 Å². The molecule has 0 aliphatic rings. The van der Waals surface area contributed by atoms with Crippen LogP contribution in [-0.4, -0.2) is 37.6 Å². The Kier molecular flexibility index (Phi) is 5.99. The zero-order valence-electron chi connectivity index (χ0n) is 20.9. The van der Waals surface area contributed by atoms with Gasteiger partial charge in [-0.25, -0.2) is 14.8 Å². The van der Waals surface area contributed by atoms with Crippen molar-refractivity contribution in [3.63, 3.8) is 0 Å². The Hall–Kier alpha value is -4.32. The Morgan fingerprint density at radius 1 is 1.02 bits per heavy atom. The van der Waals surface area contributed by atoms with Crippen molar-refractivity contribution in [2.75, 3.05) is 12.9 Å². The van der Waals surface area contributed by atoms with E-state index in [0.29, 0.717) is 37.1 Å². The number of rotatable bonds is 6. The minimum absolute atomic E-state index is 0.00818. The van der Waals surface area contributed by atoms with E-state index in [2.05, 4.69) is 0 Å². The lowest BCUT2D eigenvalue weighted by Gasteiger charge is -2.09. The van der Waals surface area contributed by atoms with Crippen LogP contribution in [0.5, 0.6) is 5.75 Å². The number of carbonyl (C=O) groups is 1. The van der Waals surface area contributed by atoms with E-state index < -0.39 is 5.63 Å². The molecule has 196 valence electrons.